The van der Waals surface area contributed by atoms with E-state index in [0.717, 1.165) is 5.56 Å². The third kappa shape index (κ3) is 3.75. The fraction of sp³-hybridized carbons (Fsp3) is 0.438. The van der Waals surface area contributed by atoms with E-state index >= 15 is 0 Å². The molecule has 0 aliphatic carbocycles. The second kappa shape index (κ2) is 5.18. The lowest BCUT2D eigenvalue weighted by atomic mass is 9.95. The van der Waals surface area contributed by atoms with Crippen LogP contribution in [0, 0.1) is 11.8 Å². The molecule has 0 atom stereocenters. The summed E-state index contributed by atoms with van der Waals surface area (Å²) >= 11 is 0. The summed E-state index contributed by atoms with van der Waals surface area (Å²) in [6.45, 7) is 5.80. The first-order valence-corrected chi connectivity index (χ1v) is 6.56. The molecule has 1 aromatic carbocycles. The number of hydrogen-bond donors (Lipinski definition) is 1. The maximum absolute atomic E-state index is 11.7. The van der Waals surface area contributed by atoms with Crippen LogP contribution in [-0.4, -0.2) is 40.4 Å². The van der Waals surface area contributed by atoms with Gasteiger partial charge >= 0.3 is 6.09 Å². The van der Waals surface area contributed by atoms with E-state index in [0.29, 0.717) is 0 Å². The molecular weight excluding hydrogens is 254 g/mol. The van der Waals surface area contributed by atoms with Gasteiger partial charge in [-0.15, -0.1) is 0 Å². The Balaban J connectivity index is 1.92. The van der Waals surface area contributed by atoms with Crippen molar-refractivity contribution in [3.8, 4) is 11.8 Å². The van der Waals surface area contributed by atoms with E-state index in [1.54, 1.807) is 0 Å². The molecule has 0 unspecified atom stereocenters. The number of nitrogens with zero attached hydrogens (tertiary/aromatic N) is 1. The zero-order chi connectivity index (χ0) is 14.8. The molecule has 0 bridgehead atoms. The van der Waals surface area contributed by atoms with Gasteiger partial charge in [0.2, 0.25) is 0 Å². The number of β-amino-alcohol motifs (C(OH)–C–C–N with tert-alkyl or cyclic N) is 1. The summed E-state index contributed by atoms with van der Waals surface area (Å²) in [6.07, 6.45) is -0.413. The van der Waals surface area contributed by atoms with Gasteiger partial charge in [-0.3, -0.25) is 0 Å². The molecule has 0 saturated carbocycles. The number of carbonyl (C=O) groups is 1. The molecule has 1 saturated heterocycles. The molecule has 1 aromatic rings. The van der Waals surface area contributed by atoms with Crippen molar-refractivity contribution in [2.75, 3.05) is 13.1 Å². The first kappa shape index (κ1) is 14.4. The highest BCUT2D eigenvalue weighted by Crippen LogP contribution is 2.22. The predicted octanol–water partition coefficient (Wildman–Crippen LogP) is 2.02. The molecule has 1 N–H and O–H groups in total. The molecule has 1 heterocycles. The van der Waals surface area contributed by atoms with Crippen LogP contribution in [0.3, 0.4) is 0 Å². The van der Waals surface area contributed by atoms with Crippen molar-refractivity contribution in [3.05, 3.63) is 35.9 Å². The summed E-state index contributed by atoms with van der Waals surface area (Å²) in [5.74, 6) is 5.73. The number of benzene rings is 1. The zero-order valence-corrected chi connectivity index (χ0v) is 12.0. The van der Waals surface area contributed by atoms with Gasteiger partial charge in [-0.1, -0.05) is 30.0 Å². The topological polar surface area (TPSA) is 49.8 Å². The number of hydrogen-bond acceptors (Lipinski definition) is 3. The van der Waals surface area contributed by atoms with E-state index in [2.05, 4.69) is 11.8 Å². The summed E-state index contributed by atoms with van der Waals surface area (Å²) in [6, 6.07) is 9.44. The molecule has 1 aliphatic rings. The van der Waals surface area contributed by atoms with E-state index in [1.807, 2.05) is 51.1 Å². The molecule has 1 amide bonds. The van der Waals surface area contributed by atoms with Crippen molar-refractivity contribution in [1.29, 1.82) is 0 Å². The number of amides is 1. The summed E-state index contributed by atoms with van der Waals surface area (Å²) < 4.78 is 5.23. The summed E-state index contributed by atoms with van der Waals surface area (Å²) in [5, 5.41) is 10.2. The number of rotatable bonds is 0. The average molecular weight is 273 g/mol. The Bertz CT molecular complexity index is 543. The van der Waals surface area contributed by atoms with Crippen molar-refractivity contribution >= 4 is 6.09 Å². The number of carbonyl (C=O) groups excluding carboxylic acids is 1. The Morgan fingerprint density at radius 3 is 2.45 bits per heavy atom. The lowest BCUT2D eigenvalue weighted by Crippen LogP contribution is -2.63. The molecule has 0 spiro atoms. The van der Waals surface area contributed by atoms with Gasteiger partial charge in [0.05, 0.1) is 13.1 Å². The SMILES string of the molecule is CC(C)(C)OC(=O)N1CC(O)(C#Cc2ccccc2)C1. The highest BCUT2D eigenvalue weighted by Gasteiger charge is 2.44. The molecule has 1 aliphatic heterocycles. The second-order valence-corrected chi connectivity index (χ2v) is 5.98. The lowest BCUT2D eigenvalue weighted by molar-refractivity contribution is -0.0637. The Morgan fingerprint density at radius 1 is 1.30 bits per heavy atom. The molecular formula is C16H19NO3. The first-order valence-electron chi connectivity index (χ1n) is 6.56. The van der Waals surface area contributed by atoms with Crippen LogP contribution in [-0.2, 0) is 4.74 Å². The molecule has 2 rings (SSSR count). The van der Waals surface area contributed by atoms with Crippen LogP contribution in [0.15, 0.2) is 30.3 Å². The van der Waals surface area contributed by atoms with Gasteiger partial charge in [0.25, 0.3) is 0 Å². The van der Waals surface area contributed by atoms with E-state index in [4.69, 9.17) is 4.74 Å². The van der Waals surface area contributed by atoms with Gasteiger partial charge < -0.3 is 14.7 Å². The second-order valence-electron chi connectivity index (χ2n) is 5.98. The van der Waals surface area contributed by atoms with E-state index in [9.17, 15) is 9.90 Å². The van der Waals surface area contributed by atoms with Crippen LogP contribution < -0.4 is 0 Å². The van der Waals surface area contributed by atoms with Crippen molar-refractivity contribution in [2.24, 2.45) is 0 Å². The predicted molar refractivity (Wildman–Crippen MR) is 76.1 cm³/mol. The quantitative estimate of drug-likeness (QED) is 0.736. The largest absolute Gasteiger partial charge is 0.444 e. The maximum Gasteiger partial charge on any atom is 0.410 e. The molecule has 4 nitrogen and oxygen atoms in total. The van der Waals surface area contributed by atoms with Crippen LogP contribution >= 0.6 is 0 Å². The molecule has 4 heteroatoms. The molecule has 0 radical (unpaired) electrons. The standard InChI is InChI=1S/C16H19NO3/c1-15(2,3)20-14(18)17-11-16(19,12-17)10-9-13-7-5-4-6-8-13/h4-8,19H,11-12H2,1-3H3. The smallest absolute Gasteiger partial charge is 0.410 e. The Labute approximate surface area is 119 Å². The molecule has 106 valence electrons. The van der Waals surface area contributed by atoms with Crippen molar-refractivity contribution < 1.29 is 14.6 Å². The summed E-state index contributed by atoms with van der Waals surface area (Å²) in [7, 11) is 0. The summed E-state index contributed by atoms with van der Waals surface area (Å²) in [5.41, 5.74) is -0.815. The maximum atomic E-state index is 11.7. The van der Waals surface area contributed by atoms with E-state index < -0.39 is 17.3 Å². The van der Waals surface area contributed by atoms with Gasteiger partial charge in [-0.25, -0.2) is 4.79 Å². The van der Waals surface area contributed by atoms with Gasteiger partial charge in [-0.05, 0) is 32.9 Å². The van der Waals surface area contributed by atoms with Gasteiger partial charge in [0, 0.05) is 5.56 Å². The minimum atomic E-state index is -1.13. The normalized spacial score (nSPS) is 16.7. The van der Waals surface area contributed by atoms with E-state index in [-0.39, 0.29) is 13.1 Å². The fourth-order valence-corrected chi connectivity index (χ4v) is 1.83. The number of aliphatic hydroxyl groups is 1. The van der Waals surface area contributed by atoms with Gasteiger partial charge in [-0.2, -0.15) is 0 Å². The Morgan fingerprint density at radius 2 is 1.90 bits per heavy atom. The molecule has 20 heavy (non-hydrogen) atoms. The monoisotopic (exact) mass is 273 g/mol. The minimum absolute atomic E-state index is 0.182. The van der Waals surface area contributed by atoms with Crippen molar-refractivity contribution in [3.63, 3.8) is 0 Å². The number of likely N-dealkylation sites (tertiary alicyclic amines) is 1. The Hall–Kier alpha value is -1.99. The first-order chi connectivity index (χ1) is 9.27. The highest BCUT2D eigenvalue weighted by molar-refractivity contribution is 5.70. The average Bonchev–Trinajstić information content (AvgIpc) is 2.32. The van der Waals surface area contributed by atoms with Gasteiger partial charge in [0.15, 0.2) is 5.60 Å². The number of ether oxygens (including phenoxy) is 1. The zero-order valence-electron chi connectivity index (χ0n) is 12.0. The van der Waals surface area contributed by atoms with E-state index in [1.165, 1.54) is 4.90 Å². The van der Waals surface area contributed by atoms with Gasteiger partial charge in [0.1, 0.15) is 5.60 Å². The third-order valence-electron chi connectivity index (χ3n) is 2.77. The van der Waals surface area contributed by atoms with Crippen molar-refractivity contribution in [1.82, 2.24) is 4.90 Å². The fourth-order valence-electron chi connectivity index (χ4n) is 1.83. The minimum Gasteiger partial charge on any atom is -0.444 e. The lowest BCUT2D eigenvalue weighted by Gasteiger charge is -2.43. The van der Waals surface area contributed by atoms with Crippen LogP contribution in [0.25, 0.3) is 0 Å². The van der Waals surface area contributed by atoms with Crippen molar-refractivity contribution in [2.45, 2.75) is 32.0 Å². The highest BCUT2D eigenvalue weighted by atomic mass is 16.6. The van der Waals surface area contributed by atoms with Crippen LogP contribution in [0.1, 0.15) is 26.3 Å². The third-order valence-corrected chi connectivity index (χ3v) is 2.77. The molecule has 0 aromatic heterocycles. The summed E-state index contributed by atoms with van der Waals surface area (Å²) in [4.78, 5) is 13.2. The molecule has 1 fully saturated rings. The Kier molecular flexibility index (Phi) is 3.74. The van der Waals surface area contributed by atoms with Crippen LogP contribution in [0.4, 0.5) is 4.79 Å². The van der Waals surface area contributed by atoms with Crippen LogP contribution in [0.2, 0.25) is 0 Å². The van der Waals surface area contributed by atoms with Crippen LogP contribution in [0.5, 0.6) is 0 Å².